The van der Waals surface area contributed by atoms with E-state index in [4.69, 9.17) is 15.2 Å². The Labute approximate surface area is 89.0 Å². The van der Waals surface area contributed by atoms with Crippen LogP contribution in [0.1, 0.15) is 13.3 Å². The van der Waals surface area contributed by atoms with Gasteiger partial charge < -0.3 is 15.2 Å². The molecule has 1 amide bonds. The second kappa shape index (κ2) is 5.24. The monoisotopic (exact) mass is 209 g/mol. The second-order valence-electron chi connectivity index (χ2n) is 3.10. The Kier molecular flexibility index (Phi) is 3.97. The van der Waals surface area contributed by atoms with Gasteiger partial charge in [0, 0.05) is 6.07 Å². The van der Waals surface area contributed by atoms with Crippen LogP contribution in [0.5, 0.6) is 11.5 Å². The number of nitrogens with two attached hydrogens (primary N) is 1. The normalized spacial score (nSPS) is 11.9. The van der Waals surface area contributed by atoms with Gasteiger partial charge in [0.25, 0.3) is 5.91 Å². The van der Waals surface area contributed by atoms with Crippen LogP contribution in [-0.4, -0.2) is 19.1 Å². The third-order valence-electron chi connectivity index (χ3n) is 2.01. The van der Waals surface area contributed by atoms with Crippen molar-refractivity contribution >= 4 is 5.91 Å². The molecule has 1 unspecified atom stereocenters. The summed E-state index contributed by atoms with van der Waals surface area (Å²) in [5.74, 6) is 0.812. The summed E-state index contributed by atoms with van der Waals surface area (Å²) >= 11 is 0. The van der Waals surface area contributed by atoms with Gasteiger partial charge in [-0.25, -0.2) is 0 Å². The summed E-state index contributed by atoms with van der Waals surface area (Å²) in [5, 5.41) is 0. The Morgan fingerprint density at radius 2 is 2.13 bits per heavy atom. The maximum absolute atomic E-state index is 11.0. The van der Waals surface area contributed by atoms with Gasteiger partial charge in [0.15, 0.2) is 6.10 Å². The predicted octanol–water partition coefficient (Wildman–Crippen LogP) is 1.34. The van der Waals surface area contributed by atoms with Crippen molar-refractivity contribution in [1.29, 1.82) is 0 Å². The third-order valence-corrected chi connectivity index (χ3v) is 2.01. The lowest BCUT2D eigenvalue weighted by Crippen LogP contribution is -2.32. The summed E-state index contributed by atoms with van der Waals surface area (Å²) in [5.41, 5.74) is 5.17. The van der Waals surface area contributed by atoms with Crippen molar-refractivity contribution in [3.8, 4) is 11.5 Å². The Bertz CT molecular complexity index is 338. The van der Waals surface area contributed by atoms with E-state index in [0.717, 1.165) is 0 Å². The van der Waals surface area contributed by atoms with Crippen molar-refractivity contribution in [3.05, 3.63) is 24.3 Å². The molecule has 1 rings (SSSR count). The lowest BCUT2D eigenvalue weighted by molar-refractivity contribution is -0.124. The maximum Gasteiger partial charge on any atom is 0.258 e. The van der Waals surface area contributed by atoms with Gasteiger partial charge in [-0.2, -0.15) is 0 Å². The summed E-state index contributed by atoms with van der Waals surface area (Å²) in [6.07, 6.45) is -0.0379. The summed E-state index contributed by atoms with van der Waals surface area (Å²) in [6, 6.07) is 7.07. The molecule has 1 aromatic rings. The Morgan fingerprint density at radius 1 is 1.47 bits per heavy atom. The predicted molar refractivity (Wildman–Crippen MR) is 56.9 cm³/mol. The molecule has 0 spiro atoms. The molecule has 0 aliphatic carbocycles. The number of carbonyl (C=O) groups is 1. The quantitative estimate of drug-likeness (QED) is 0.796. The molecule has 0 saturated carbocycles. The molecule has 82 valence electrons. The fourth-order valence-electron chi connectivity index (χ4n) is 1.18. The minimum absolute atomic E-state index is 0.458. The molecule has 1 atom stereocenters. The molecular weight excluding hydrogens is 194 g/mol. The SMILES string of the molecule is CCC(Oc1cccc(OC)c1)C(N)=O. The minimum atomic E-state index is -0.586. The van der Waals surface area contributed by atoms with Crippen LogP contribution in [0, 0.1) is 0 Å². The highest BCUT2D eigenvalue weighted by atomic mass is 16.5. The lowest BCUT2D eigenvalue weighted by Gasteiger charge is -2.14. The van der Waals surface area contributed by atoms with Crippen LogP contribution in [0.3, 0.4) is 0 Å². The van der Waals surface area contributed by atoms with E-state index in [9.17, 15) is 4.79 Å². The van der Waals surface area contributed by atoms with E-state index in [1.807, 2.05) is 6.92 Å². The number of hydrogen-bond acceptors (Lipinski definition) is 3. The van der Waals surface area contributed by atoms with Crippen LogP contribution < -0.4 is 15.2 Å². The first-order chi connectivity index (χ1) is 7.17. The van der Waals surface area contributed by atoms with Crippen molar-refractivity contribution in [2.75, 3.05) is 7.11 Å². The van der Waals surface area contributed by atoms with Crippen molar-refractivity contribution in [2.24, 2.45) is 5.73 Å². The highest BCUT2D eigenvalue weighted by Gasteiger charge is 2.14. The fourth-order valence-corrected chi connectivity index (χ4v) is 1.18. The first-order valence-electron chi connectivity index (χ1n) is 4.77. The molecule has 0 aliphatic rings. The van der Waals surface area contributed by atoms with Crippen LogP contribution in [0.15, 0.2) is 24.3 Å². The summed E-state index contributed by atoms with van der Waals surface area (Å²) in [4.78, 5) is 11.0. The highest BCUT2D eigenvalue weighted by molar-refractivity contribution is 5.79. The first kappa shape index (κ1) is 11.4. The maximum atomic E-state index is 11.0. The smallest absolute Gasteiger partial charge is 0.258 e. The van der Waals surface area contributed by atoms with E-state index in [-0.39, 0.29) is 0 Å². The average Bonchev–Trinajstić information content (AvgIpc) is 2.25. The topological polar surface area (TPSA) is 61.6 Å². The van der Waals surface area contributed by atoms with E-state index in [0.29, 0.717) is 17.9 Å². The highest BCUT2D eigenvalue weighted by Crippen LogP contribution is 2.20. The number of hydrogen-bond donors (Lipinski definition) is 1. The zero-order valence-corrected chi connectivity index (χ0v) is 8.90. The second-order valence-corrected chi connectivity index (χ2v) is 3.10. The van der Waals surface area contributed by atoms with E-state index in [1.165, 1.54) is 0 Å². The molecule has 4 nitrogen and oxygen atoms in total. The van der Waals surface area contributed by atoms with E-state index in [2.05, 4.69) is 0 Å². The van der Waals surface area contributed by atoms with Gasteiger partial charge in [-0.15, -0.1) is 0 Å². The summed E-state index contributed by atoms with van der Waals surface area (Å²) < 4.78 is 10.4. The van der Waals surface area contributed by atoms with Gasteiger partial charge in [-0.1, -0.05) is 13.0 Å². The minimum Gasteiger partial charge on any atom is -0.497 e. The van der Waals surface area contributed by atoms with Gasteiger partial charge in [0.1, 0.15) is 11.5 Å². The largest absolute Gasteiger partial charge is 0.497 e. The molecule has 4 heteroatoms. The number of ether oxygens (including phenoxy) is 2. The Balaban J connectivity index is 2.74. The average molecular weight is 209 g/mol. The number of rotatable bonds is 5. The van der Waals surface area contributed by atoms with Gasteiger partial charge in [0.2, 0.25) is 0 Å². The molecule has 0 saturated heterocycles. The number of methoxy groups -OCH3 is 1. The van der Waals surface area contributed by atoms with E-state index in [1.54, 1.807) is 31.4 Å². The number of benzene rings is 1. The first-order valence-corrected chi connectivity index (χ1v) is 4.77. The van der Waals surface area contributed by atoms with Crippen LogP contribution in [0.25, 0.3) is 0 Å². The van der Waals surface area contributed by atoms with Crippen molar-refractivity contribution in [3.63, 3.8) is 0 Å². The van der Waals surface area contributed by atoms with Crippen molar-refractivity contribution in [1.82, 2.24) is 0 Å². The molecular formula is C11H15NO3. The van der Waals surface area contributed by atoms with Gasteiger partial charge >= 0.3 is 0 Å². The van der Waals surface area contributed by atoms with Crippen LogP contribution in [-0.2, 0) is 4.79 Å². The lowest BCUT2D eigenvalue weighted by atomic mass is 10.2. The zero-order valence-electron chi connectivity index (χ0n) is 8.90. The number of carbonyl (C=O) groups excluding carboxylic acids is 1. The Hall–Kier alpha value is -1.71. The van der Waals surface area contributed by atoms with Gasteiger partial charge in [-0.3, -0.25) is 4.79 Å². The van der Waals surface area contributed by atoms with Crippen LogP contribution >= 0.6 is 0 Å². The van der Waals surface area contributed by atoms with Crippen LogP contribution in [0.4, 0.5) is 0 Å². The molecule has 2 N–H and O–H groups in total. The van der Waals surface area contributed by atoms with E-state index < -0.39 is 12.0 Å². The molecule has 0 radical (unpaired) electrons. The molecule has 0 aliphatic heterocycles. The summed E-state index contributed by atoms with van der Waals surface area (Å²) in [6.45, 7) is 1.84. The standard InChI is InChI=1S/C11H15NO3/c1-3-10(11(12)13)15-9-6-4-5-8(7-9)14-2/h4-7,10H,3H2,1-2H3,(H2,12,13). The zero-order chi connectivity index (χ0) is 11.3. The molecule has 0 fully saturated rings. The molecule has 0 heterocycles. The number of primary amides is 1. The summed E-state index contributed by atoms with van der Waals surface area (Å²) in [7, 11) is 1.57. The Morgan fingerprint density at radius 3 is 2.67 bits per heavy atom. The van der Waals surface area contributed by atoms with Crippen molar-refractivity contribution < 1.29 is 14.3 Å². The molecule has 1 aromatic carbocycles. The van der Waals surface area contributed by atoms with Gasteiger partial charge in [-0.05, 0) is 18.6 Å². The molecule has 0 bridgehead atoms. The number of amides is 1. The molecule has 15 heavy (non-hydrogen) atoms. The van der Waals surface area contributed by atoms with E-state index >= 15 is 0 Å². The molecule has 0 aromatic heterocycles. The van der Waals surface area contributed by atoms with Crippen molar-refractivity contribution in [2.45, 2.75) is 19.4 Å². The fraction of sp³-hybridized carbons (Fsp3) is 0.364. The van der Waals surface area contributed by atoms with Crippen LogP contribution in [0.2, 0.25) is 0 Å². The van der Waals surface area contributed by atoms with Gasteiger partial charge in [0.05, 0.1) is 7.11 Å². The third kappa shape index (κ3) is 3.16.